The van der Waals surface area contributed by atoms with Crippen LogP contribution in [0.2, 0.25) is 0 Å². The van der Waals surface area contributed by atoms with Gasteiger partial charge in [0, 0.05) is 17.7 Å². The van der Waals surface area contributed by atoms with Crippen LogP contribution < -0.4 is 0 Å². The number of nitrogens with zero attached hydrogens (tertiary/aromatic N) is 1. The topological polar surface area (TPSA) is 169 Å². The summed E-state index contributed by atoms with van der Waals surface area (Å²) in [5.41, 5.74) is -0.312. The first-order valence-electron chi connectivity index (χ1n) is 7.55. The fourth-order valence-corrected chi connectivity index (χ4v) is 2.61. The van der Waals surface area contributed by atoms with Crippen molar-refractivity contribution in [3.8, 4) is 0 Å². The van der Waals surface area contributed by atoms with E-state index in [0.29, 0.717) is 0 Å². The van der Waals surface area contributed by atoms with Crippen LogP contribution in [0, 0.1) is 10.1 Å². The summed E-state index contributed by atoms with van der Waals surface area (Å²) in [6.45, 7) is -1.34. The van der Waals surface area contributed by atoms with Crippen molar-refractivity contribution in [2.75, 3.05) is 20.3 Å². The molecule has 0 radical (unpaired) electrons. The first kappa shape index (κ1) is 20.2. The Labute approximate surface area is 147 Å². The van der Waals surface area contributed by atoms with Crippen LogP contribution in [0.1, 0.15) is 5.56 Å². The third kappa shape index (κ3) is 3.82. The predicted molar refractivity (Wildman–Crippen MR) is 82.7 cm³/mol. The number of carbonyl (C=O) groups is 1. The Kier molecular flexibility index (Phi) is 6.23. The molecular formula is C15H19NO10. The van der Waals surface area contributed by atoms with Crippen LogP contribution in [0.3, 0.4) is 0 Å². The Morgan fingerprint density at radius 1 is 1.35 bits per heavy atom. The number of esters is 1. The van der Waals surface area contributed by atoms with Crippen LogP contribution in [0.15, 0.2) is 24.3 Å². The highest BCUT2D eigenvalue weighted by Gasteiger charge is 2.54. The number of nitro groups is 1. The van der Waals surface area contributed by atoms with Crippen molar-refractivity contribution < 1.29 is 44.4 Å². The minimum absolute atomic E-state index is 0.0624. The lowest BCUT2D eigenvalue weighted by atomic mass is 9.88. The standard InChI is InChI=1S/C15H19NO10/c1-24-11(18)7-25-13-12(19)10(6-17)26-15(21,14(13)20)8-2-4-9(5-3-8)16(22)23/h2-5,10,12-14,17,19-21H,6-7H2,1H3/t10-,12+,13+,14-,15+/m1/s1. The molecule has 5 atom stereocenters. The van der Waals surface area contributed by atoms with Gasteiger partial charge in [-0.15, -0.1) is 0 Å². The molecule has 4 N–H and O–H groups in total. The predicted octanol–water partition coefficient (Wildman–Crippen LogP) is -1.59. The minimum atomic E-state index is -2.44. The number of benzene rings is 1. The quantitative estimate of drug-likeness (QED) is 0.259. The molecule has 0 spiro atoms. The molecule has 1 aromatic carbocycles. The van der Waals surface area contributed by atoms with Gasteiger partial charge in [0.15, 0.2) is 0 Å². The Balaban J connectivity index is 2.32. The number of rotatable bonds is 6. The van der Waals surface area contributed by atoms with E-state index in [9.17, 15) is 35.3 Å². The molecule has 11 nitrogen and oxygen atoms in total. The molecule has 0 saturated carbocycles. The van der Waals surface area contributed by atoms with E-state index in [0.717, 1.165) is 31.4 Å². The highest BCUT2D eigenvalue weighted by Crippen LogP contribution is 2.37. The van der Waals surface area contributed by atoms with Gasteiger partial charge < -0.3 is 34.6 Å². The number of hydrogen-bond donors (Lipinski definition) is 4. The summed E-state index contributed by atoms with van der Waals surface area (Å²) in [5.74, 6) is -3.22. The van der Waals surface area contributed by atoms with Crippen LogP contribution in [-0.4, -0.2) is 76.1 Å². The van der Waals surface area contributed by atoms with Gasteiger partial charge in [-0.05, 0) is 12.1 Å². The van der Waals surface area contributed by atoms with Crippen molar-refractivity contribution in [3.05, 3.63) is 39.9 Å². The van der Waals surface area contributed by atoms with Crippen molar-refractivity contribution in [3.63, 3.8) is 0 Å². The molecular weight excluding hydrogens is 354 g/mol. The fraction of sp³-hybridized carbons (Fsp3) is 0.533. The second-order valence-electron chi connectivity index (χ2n) is 5.63. The number of carbonyl (C=O) groups excluding carboxylic acids is 1. The van der Waals surface area contributed by atoms with Crippen molar-refractivity contribution >= 4 is 11.7 Å². The molecule has 1 aromatic rings. The molecule has 1 saturated heterocycles. The summed E-state index contributed by atoms with van der Waals surface area (Å²) >= 11 is 0. The third-order valence-electron chi connectivity index (χ3n) is 4.05. The number of hydrogen-bond acceptors (Lipinski definition) is 10. The van der Waals surface area contributed by atoms with Crippen molar-refractivity contribution in [1.29, 1.82) is 0 Å². The van der Waals surface area contributed by atoms with Crippen LogP contribution in [0.5, 0.6) is 0 Å². The highest BCUT2D eigenvalue weighted by molar-refractivity contribution is 5.70. The zero-order chi connectivity index (χ0) is 19.5. The molecule has 0 amide bonds. The molecule has 11 heteroatoms. The molecule has 1 heterocycles. The lowest BCUT2D eigenvalue weighted by Crippen LogP contribution is -2.64. The van der Waals surface area contributed by atoms with Gasteiger partial charge >= 0.3 is 5.97 Å². The third-order valence-corrected chi connectivity index (χ3v) is 4.05. The average molecular weight is 373 g/mol. The first-order chi connectivity index (χ1) is 12.2. The van der Waals surface area contributed by atoms with E-state index in [-0.39, 0.29) is 11.3 Å². The fourth-order valence-electron chi connectivity index (χ4n) is 2.61. The smallest absolute Gasteiger partial charge is 0.331 e. The number of non-ortho nitro benzene ring substituents is 1. The first-order valence-corrected chi connectivity index (χ1v) is 7.55. The molecule has 2 rings (SSSR count). The van der Waals surface area contributed by atoms with E-state index in [1.807, 2.05) is 0 Å². The summed E-state index contributed by atoms with van der Waals surface area (Å²) in [6, 6.07) is 4.50. The van der Waals surface area contributed by atoms with Crippen LogP contribution in [0.4, 0.5) is 5.69 Å². The van der Waals surface area contributed by atoms with E-state index in [1.165, 1.54) is 0 Å². The maximum absolute atomic E-state index is 11.2. The zero-order valence-electron chi connectivity index (χ0n) is 13.7. The summed E-state index contributed by atoms with van der Waals surface area (Å²) in [4.78, 5) is 21.3. The van der Waals surface area contributed by atoms with Gasteiger partial charge in [0.2, 0.25) is 5.79 Å². The highest BCUT2D eigenvalue weighted by atomic mass is 16.7. The molecule has 1 aliphatic rings. The lowest BCUT2D eigenvalue weighted by Gasteiger charge is -2.46. The molecule has 0 aromatic heterocycles. The van der Waals surface area contributed by atoms with Crippen LogP contribution in [-0.2, 0) is 24.8 Å². The van der Waals surface area contributed by atoms with Gasteiger partial charge in [0.05, 0.1) is 18.6 Å². The molecule has 0 unspecified atom stereocenters. The van der Waals surface area contributed by atoms with Gasteiger partial charge in [0.25, 0.3) is 5.69 Å². The Morgan fingerprint density at radius 2 is 1.96 bits per heavy atom. The second-order valence-corrected chi connectivity index (χ2v) is 5.63. The van der Waals surface area contributed by atoms with Gasteiger partial charge in [0.1, 0.15) is 31.0 Å². The Bertz CT molecular complexity index is 650. The van der Waals surface area contributed by atoms with E-state index in [4.69, 9.17) is 9.47 Å². The number of aliphatic hydroxyl groups is 4. The summed E-state index contributed by atoms with van der Waals surface area (Å²) in [5, 5.41) is 51.5. The zero-order valence-corrected chi connectivity index (χ0v) is 13.7. The molecule has 144 valence electrons. The lowest BCUT2D eigenvalue weighted by molar-refractivity contribution is -0.385. The van der Waals surface area contributed by atoms with E-state index >= 15 is 0 Å². The Morgan fingerprint density at radius 3 is 2.46 bits per heavy atom. The molecule has 26 heavy (non-hydrogen) atoms. The second kappa shape index (κ2) is 8.03. The van der Waals surface area contributed by atoms with Crippen molar-refractivity contribution in [2.24, 2.45) is 0 Å². The van der Waals surface area contributed by atoms with E-state index < -0.39 is 54.3 Å². The van der Waals surface area contributed by atoms with Gasteiger partial charge in [-0.1, -0.05) is 0 Å². The van der Waals surface area contributed by atoms with Crippen molar-refractivity contribution in [2.45, 2.75) is 30.2 Å². The largest absolute Gasteiger partial charge is 0.467 e. The maximum Gasteiger partial charge on any atom is 0.331 e. The van der Waals surface area contributed by atoms with E-state index in [1.54, 1.807) is 0 Å². The number of nitro benzene ring substituents is 1. The van der Waals surface area contributed by atoms with Gasteiger partial charge in [-0.25, -0.2) is 4.79 Å². The molecule has 0 aliphatic carbocycles. The normalized spacial score (nSPS) is 31.4. The van der Waals surface area contributed by atoms with Crippen LogP contribution in [0.25, 0.3) is 0 Å². The molecule has 1 fully saturated rings. The van der Waals surface area contributed by atoms with E-state index in [2.05, 4.69) is 4.74 Å². The SMILES string of the molecule is COC(=O)CO[C@H]1[C@@H](O)[C@@H](CO)O[C@@](O)(c2ccc([N+](=O)[O-])cc2)[C@@H]1O. The summed E-state index contributed by atoms with van der Waals surface area (Å²) in [7, 11) is 1.12. The summed E-state index contributed by atoms with van der Waals surface area (Å²) < 4.78 is 14.8. The number of aliphatic hydroxyl groups excluding tert-OH is 3. The van der Waals surface area contributed by atoms with Crippen LogP contribution >= 0.6 is 0 Å². The van der Waals surface area contributed by atoms with Gasteiger partial charge in [-0.2, -0.15) is 0 Å². The number of ether oxygens (including phenoxy) is 3. The van der Waals surface area contributed by atoms with Gasteiger partial charge in [-0.3, -0.25) is 10.1 Å². The average Bonchev–Trinajstić information content (AvgIpc) is 2.64. The maximum atomic E-state index is 11.2. The monoisotopic (exact) mass is 373 g/mol. The minimum Gasteiger partial charge on any atom is -0.467 e. The summed E-state index contributed by atoms with van der Waals surface area (Å²) in [6.07, 6.45) is -6.27. The van der Waals surface area contributed by atoms with Crippen molar-refractivity contribution in [1.82, 2.24) is 0 Å². The molecule has 0 bridgehead atoms. The number of methoxy groups -OCH3 is 1. The Hall–Kier alpha value is -2.15. The molecule has 1 aliphatic heterocycles.